The summed E-state index contributed by atoms with van der Waals surface area (Å²) in [5.41, 5.74) is -0.0839. The Labute approximate surface area is 143 Å². The van der Waals surface area contributed by atoms with E-state index >= 15 is 0 Å². The van der Waals surface area contributed by atoms with Crippen LogP contribution in [0.4, 0.5) is 19.0 Å². The molecule has 1 aromatic heterocycles. The molecule has 0 fully saturated rings. The Morgan fingerprint density at radius 3 is 2.32 bits per heavy atom. The summed E-state index contributed by atoms with van der Waals surface area (Å²) in [6.07, 6.45) is -4.50. The van der Waals surface area contributed by atoms with E-state index in [-0.39, 0.29) is 17.8 Å². The Morgan fingerprint density at radius 1 is 1.00 bits per heavy atom. The maximum atomic E-state index is 12.6. The van der Waals surface area contributed by atoms with Gasteiger partial charge >= 0.3 is 6.18 Å². The van der Waals surface area contributed by atoms with Crippen molar-refractivity contribution in [3.05, 3.63) is 41.6 Å². The topological polar surface area (TPSA) is 56.3 Å². The summed E-state index contributed by atoms with van der Waals surface area (Å²) in [5, 5.41) is 10.0. The summed E-state index contributed by atoms with van der Waals surface area (Å²) in [4.78, 5) is 0. The molecule has 1 unspecified atom stereocenters. The van der Waals surface area contributed by atoms with E-state index < -0.39 is 11.9 Å². The van der Waals surface area contributed by atoms with Crippen LogP contribution in [0.5, 0.6) is 11.5 Å². The first-order valence-corrected chi connectivity index (χ1v) is 7.91. The number of benzene rings is 1. The second kappa shape index (κ2) is 6.78. The lowest BCUT2D eigenvalue weighted by atomic mass is 9.95. The van der Waals surface area contributed by atoms with Gasteiger partial charge in [0.25, 0.3) is 0 Å². The van der Waals surface area contributed by atoms with Gasteiger partial charge in [0.05, 0.1) is 6.04 Å². The van der Waals surface area contributed by atoms with E-state index in [1.165, 1.54) is 6.07 Å². The Kier molecular flexibility index (Phi) is 4.69. The van der Waals surface area contributed by atoms with E-state index in [1.807, 2.05) is 32.0 Å². The lowest BCUT2D eigenvalue weighted by molar-refractivity contribution is -0.141. The minimum absolute atomic E-state index is 0.159. The average Bonchev–Trinajstić information content (AvgIpc) is 2.58. The zero-order valence-corrected chi connectivity index (χ0v) is 13.8. The molecular formula is C17H18F3N3O2. The van der Waals surface area contributed by atoms with Crippen LogP contribution in [0.2, 0.25) is 0 Å². The van der Waals surface area contributed by atoms with Gasteiger partial charge in [0.2, 0.25) is 0 Å². The standard InChI is InChI=1S/C17H18F3N3O2/c1-10(2)16(11-3-4-12-13(9-11)25-8-7-24-12)21-15-6-5-14(22-23-15)17(18,19)20/h3-6,9-10,16H,7-8H2,1-2H3,(H,21,23). The van der Waals surface area contributed by atoms with Gasteiger partial charge in [-0.15, -0.1) is 10.2 Å². The number of nitrogens with one attached hydrogen (secondary N) is 1. The summed E-state index contributed by atoms with van der Waals surface area (Å²) in [6, 6.07) is 7.65. The molecule has 25 heavy (non-hydrogen) atoms. The number of nitrogens with zero attached hydrogens (tertiary/aromatic N) is 2. The second-order valence-electron chi connectivity index (χ2n) is 6.07. The van der Waals surface area contributed by atoms with Crippen molar-refractivity contribution >= 4 is 5.82 Å². The van der Waals surface area contributed by atoms with Crippen LogP contribution in [0.1, 0.15) is 31.1 Å². The van der Waals surface area contributed by atoms with Crippen LogP contribution in [0.3, 0.4) is 0 Å². The fourth-order valence-electron chi connectivity index (χ4n) is 2.61. The van der Waals surface area contributed by atoms with Gasteiger partial charge in [-0.05, 0) is 35.7 Å². The van der Waals surface area contributed by atoms with Crippen molar-refractivity contribution in [2.45, 2.75) is 26.1 Å². The molecule has 0 aliphatic carbocycles. The third kappa shape index (κ3) is 3.94. The smallest absolute Gasteiger partial charge is 0.435 e. The van der Waals surface area contributed by atoms with Gasteiger partial charge in [0, 0.05) is 0 Å². The molecule has 1 aliphatic rings. The molecule has 1 aliphatic heterocycles. The van der Waals surface area contributed by atoms with Crippen molar-refractivity contribution < 1.29 is 22.6 Å². The van der Waals surface area contributed by atoms with Crippen LogP contribution in [-0.4, -0.2) is 23.4 Å². The molecule has 0 spiro atoms. The minimum Gasteiger partial charge on any atom is -0.486 e. The molecule has 3 rings (SSSR count). The van der Waals surface area contributed by atoms with Gasteiger partial charge in [0.15, 0.2) is 17.2 Å². The minimum atomic E-state index is -4.50. The van der Waals surface area contributed by atoms with E-state index in [4.69, 9.17) is 9.47 Å². The van der Waals surface area contributed by atoms with Crippen LogP contribution in [0.15, 0.2) is 30.3 Å². The van der Waals surface area contributed by atoms with Crippen LogP contribution >= 0.6 is 0 Å². The van der Waals surface area contributed by atoms with E-state index in [1.54, 1.807) is 0 Å². The van der Waals surface area contributed by atoms with Gasteiger partial charge in [-0.2, -0.15) is 13.2 Å². The van der Waals surface area contributed by atoms with E-state index in [9.17, 15) is 13.2 Å². The van der Waals surface area contributed by atoms with Gasteiger partial charge in [-0.3, -0.25) is 0 Å². The normalized spacial score (nSPS) is 15.1. The molecule has 8 heteroatoms. The van der Waals surface area contributed by atoms with Crippen molar-refractivity contribution in [3.63, 3.8) is 0 Å². The molecule has 0 radical (unpaired) electrons. The molecule has 5 nitrogen and oxygen atoms in total. The summed E-state index contributed by atoms with van der Waals surface area (Å²) in [6.45, 7) is 5.01. The highest BCUT2D eigenvalue weighted by Crippen LogP contribution is 2.35. The summed E-state index contributed by atoms with van der Waals surface area (Å²) in [7, 11) is 0. The fraction of sp³-hybridized carbons (Fsp3) is 0.412. The van der Waals surface area contributed by atoms with Gasteiger partial charge in [-0.25, -0.2) is 0 Å². The summed E-state index contributed by atoms with van der Waals surface area (Å²) >= 11 is 0. The highest BCUT2D eigenvalue weighted by atomic mass is 19.4. The van der Waals surface area contributed by atoms with Crippen LogP contribution in [0.25, 0.3) is 0 Å². The van der Waals surface area contributed by atoms with Crippen molar-refractivity contribution in [2.24, 2.45) is 5.92 Å². The third-order valence-corrected chi connectivity index (χ3v) is 3.85. The highest BCUT2D eigenvalue weighted by molar-refractivity contribution is 5.47. The van der Waals surface area contributed by atoms with Crippen molar-refractivity contribution in [2.75, 3.05) is 18.5 Å². The molecule has 1 aromatic carbocycles. The third-order valence-electron chi connectivity index (χ3n) is 3.85. The molecule has 0 saturated carbocycles. The molecule has 1 atom stereocenters. The molecule has 0 saturated heterocycles. The van der Waals surface area contributed by atoms with E-state index in [0.717, 1.165) is 11.6 Å². The molecule has 2 aromatic rings. The lowest BCUT2D eigenvalue weighted by Crippen LogP contribution is -2.20. The summed E-state index contributed by atoms with van der Waals surface area (Å²) < 4.78 is 48.9. The number of hydrogen-bond donors (Lipinski definition) is 1. The SMILES string of the molecule is CC(C)C(Nc1ccc(C(F)(F)F)nn1)c1ccc2c(c1)OCCO2. The van der Waals surface area contributed by atoms with Crippen molar-refractivity contribution in [3.8, 4) is 11.5 Å². The molecule has 0 amide bonds. The van der Waals surface area contributed by atoms with Crippen LogP contribution in [-0.2, 0) is 6.18 Å². The number of ether oxygens (including phenoxy) is 2. The van der Waals surface area contributed by atoms with Crippen molar-refractivity contribution in [1.29, 1.82) is 0 Å². The fourth-order valence-corrected chi connectivity index (χ4v) is 2.61. The first-order valence-electron chi connectivity index (χ1n) is 7.91. The molecule has 2 heterocycles. The molecular weight excluding hydrogens is 335 g/mol. The second-order valence-corrected chi connectivity index (χ2v) is 6.07. The van der Waals surface area contributed by atoms with Crippen LogP contribution in [0, 0.1) is 5.92 Å². The predicted octanol–water partition coefficient (Wildman–Crippen LogP) is 4.08. The summed E-state index contributed by atoms with van der Waals surface area (Å²) in [5.74, 6) is 1.79. The van der Waals surface area contributed by atoms with E-state index in [0.29, 0.717) is 24.7 Å². The Bertz CT molecular complexity index is 733. The predicted molar refractivity (Wildman–Crippen MR) is 85.7 cm³/mol. The largest absolute Gasteiger partial charge is 0.486 e. The molecule has 134 valence electrons. The number of fused-ring (bicyclic) bond motifs is 1. The quantitative estimate of drug-likeness (QED) is 0.898. The maximum absolute atomic E-state index is 12.6. The molecule has 1 N–H and O–H groups in total. The van der Waals surface area contributed by atoms with Gasteiger partial charge in [0.1, 0.15) is 19.0 Å². The van der Waals surface area contributed by atoms with Gasteiger partial charge in [-0.1, -0.05) is 19.9 Å². The number of halogens is 3. The number of aromatic nitrogens is 2. The Balaban J connectivity index is 1.82. The highest BCUT2D eigenvalue weighted by Gasteiger charge is 2.33. The average molecular weight is 353 g/mol. The van der Waals surface area contributed by atoms with E-state index in [2.05, 4.69) is 15.5 Å². The van der Waals surface area contributed by atoms with Crippen LogP contribution < -0.4 is 14.8 Å². The Morgan fingerprint density at radius 2 is 1.72 bits per heavy atom. The first kappa shape index (κ1) is 17.3. The Hall–Kier alpha value is -2.51. The number of alkyl halides is 3. The zero-order chi connectivity index (χ0) is 18.0. The number of anilines is 1. The lowest BCUT2D eigenvalue weighted by Gasteiger charge is -2.25. The number of rotatable bonds is 4. The van der Waals surface area contributed by atoms with Crippen molar-refractivity contribution in [1.82, 2.24) is 10.2 Å². The first-order chi connectivity index (χ1) is 11.8. The zero-order valence-electron chi connectivity index (χ0n) is 13.8. The number of hydrogen-bond acceptors (Lipinski definition) is 5. The monoisotopic (exact) mass is 353 g/mol. The maximum Gasteiger partial charge on any atom is 0.435 e. The van der Waals surface area contributed by atoms with Gasteiger partial charge < -0.3 is 14.8 Å². The molecule has 0 bridgehead atoms.